The molecule has 0 fully saturated rings. The van der Waals surface area contributed by atoms with Gasteiger partial charge in [-0.1, -0.05) is 6.07 Å². The standard InChI is InChI=1S/C10H9N3OS/c1-7-5-11-10(15-7)13-9-4-2-3-8(6-14)12-9/h2-6H,1H3,(H,11,12,13). The Hall–Kier alpha value is -1.75. The van der Waals surface area contributed by atoms with E-state index in [2.05, 4.69) is 15.3 Å². The number of carbonyl (C=O) groups is 1. The van der Waals surface area contributed by atoms with Crippen molar-refractivity contribution >= 4 is 28.6 Å². The number of aldehydes is 1. The zero-order valence-electron chi connectivity index (χ0n) is 8.10. The number of aromatic nitrogens is 2. The first-order valence-corrected chi connectivity index (χ1v) is 5.21. The summed E-state index contributed by atoms with van der Waals surface area (Å²) >= 11 is 1.55. The molecule has 15 heavy (non-hydrogen) atoms. The largest absolute Gasteiger partial charge is 0.316 e. The van der Waals surface area contributed by atoms with Crippen LogP contribution in [0.3, 0.4) is 0 Å². The van der Waals surface area contributed by atoms with Gasteiger partial charge in [0.15, 0.2) is 11.4 Å². The van der Waals surface area contributed by atoms with Gasteiger partial charge < -0.3 is 5.32 Å². The third-order valence-corrected chi connectivity index (χ3v) is 2.58. The lowest BCUT2D eigenvalue weighted by molar-refractivity contribution is 0.111. The quantitative estimate of drug-likeness (QED) is 0.805. The number of hydrogen-bond acceptors (Lipinski definition) is 5. The third kappa shape index (κ3) is 2.38. The van der Waals surface area contributed by atoms with Crippen LogP contribution < -0.4 is 5.32 Å². The van der Waals surface area contributed by atoms with Crippen LogP contribution in [0.1, 0.15) is 15.4 Å². The summed E-state index contributed by atoms with van der Waals surface area (Å²) in [5.41, 5.74) is 0.410. The molecule has 2 rings (SSSR count). The highest BCUT2D eigenvalue weighted by Gasteiger charge is 2.00. The van der Waals surface area contributed by atoms with Gasteiger partial charge in [0.05, 0.1) is 0 Å². The van der Waals surface area contributed by atoms with Crippen molar-refractivity contribution in [2.45, 2.75) is 6.92 Å². The second kappa shape index (κ2) is 4.18. The van der Waals surface area contributed by atoms with E-state index in [0.717, 1.165) is 16.3 Å². The Labute approximate surface area is 91.0 Å². The van der Waals surface area contributed by atoms with Gasteiger partial charge in [0.1, 0.15) is 11.5 Å². The molecule has 0 radical (unpaired) electrons. The Morgan fingerprint density at radius 3 is 3.00 bits per heavy atom. The molecular weight excluding hydrogens is 210 g/mol. The summed E-state index contributed by atoms with van der Waals surface area (Å²) in [6, 6.07) is 5.23. The normalized spacial score (nSPS) is 9.93. The predicted octanol–water partition coefficient (Wildman–Crippen LogP) is 2.40. The van der Waals surface area contributed by atoms with Crippen LogP contribution >= 0.6 is 11.3 Å². The fourth-order valence-corrected chi connectivity index (χ4v) is 1.78. The number of aryl methyl sites for hydroxylation is 1. The lowest BCUT2D eigenvalue weighted by Gasteiger charge is -2.00. The van der Waals surface area contributed by atoms with Crippen LogP contribution in [-0.2, 0) is 0 Å². The first-order chi connectivity index (χ1) is 7.28. The summed E-state index contributed by atoms with van der Waals surface area (Å²) in [6.07, 6.45) is 2.51. The number of nitrogens with one attached hydrogen (secondary N) is 1. The number of thiazole rings is 1. The maximum absolute atomic E-state index is 10.5. The van der Waals surface area contributed by atoms with E-state index in [1.807, 2.05) is 6.92 Å². The minimum Gasteiger partial charge on any atom is -0.316 e. The highest BCUT2D eigenvalue weighted by atomic mass is 32.1. The second-order valence-electron chi connectivity index (χ2n) is 2.97. The van der Waals surface area contributed by atoms with Gasteiger partial charge in [-0.3, -0.25) is 4.79 Å². The molecular formula is C10H9N3OS. The van der Waals surface area contributed by atoms with Gasteiger partial charge in [-0.2, -0.15) is 0 Å². The number of anilines is 2. The lowest BCUT2D eigenvalue weighted by atomic mass is 10.4. The summed E-state index contributed by atoms with van der Waals surface area (Å²) in [7, 11) is 0. The first kappa shape index (κ1) is 9.79. The maximum Gasteiger partial charge on any atom is 0.188 e. The Kier molecular flexibility index (Phi) is 2.73. The Morgan fingerprint density at radius 1 is 1.47 bits per heavy atom. The zero-order valence-corrected chi connectivity index (χ0v) is 8.91. The molecule has 2 aromatic heterocycles. The molecule has 0 saturated heterocycles. The Morgan fingerprint density at radius 2 is 2.33 bits per heavy atom. The van der Waals surface area contributed by atoms with Crippen molar-refractivity contribution in [2.24, 2.45) is 0 Å². The molecule has 0 unspecified atom stereocenters. The van der Waals surface area contributed by atoms with E-state index >= 15 is 0 Å². The van der Waals surface area contributed by atoms with Gasteiger partial charge in [-0.25, -0.2) is 9.97 Å². The Balaban J connectivity index is 2.20. The topological polar surface area (TPSA) is 54.9 Å². The molecule has 0 aromatic carbocycles. The summed E-state index contributed by atoms with van der Waals surface area (Å²) in [5, 5.41) is 3.82. The van der Waals surface area contributed by atoms with Gasteiger partial charge in [0.25, 0.3) is 0 Å². The maximum atomic E-state index is 10.5. The average Bonchev–Trinajstić information content (AvgIpc) is 2.64. The molecule has 0 aliphatic rings. The SMILES string of the molecule is Cc1cnc(Nc2cccc(C=O)n2)s1. The van der Waals surface area contributed by atoms with E-state index in [-0.39, 0.29) is 0 Å². The molecule has 2 heterocycles. The minimum absolute atomic E-state index is 0.410. The van der Waals surface area contributed by atoms with E-state index in [4.69, 9.17) is 0 Å². The van der Waals surface area contributed by atoms with Crippen molar-refractivity contribution in [1.29, 1.82) is 0 Å². The van der Waals surface area contributed by atoms with E-state index in [1.54, 1.807) is 35.7 Å². The molecule has 76 valence electrons. The molecule has 0 bridgehead atoms. The smallest absolute Gasteiger partial charge is 0.188 e. The van der Waals surface area contributed by atoms with Gasteiger partial charge in [0, 0.05) is 11.1 Å². The summed E-state index contributed by atoms with van der Waals surface area (Å²) < 4.78 is 0. The summed E-state index contributed by atoms with van der Waals surface area (Å²) in [5.74, 6) is 0.633. The summed E-state index contributed by atoms with van der Waals surface area (Å²) in [4.78, 5) is 19.9. The molecule has 0 amide bonds. The van der Waals surface area contributed by atoms with Gasteiger partial charge >= 0.3 is 0 Å². The number of carbonyl (C=O) groups excluding carboxylic acids is 1. The molecule has 2 aromatic rings. The number of nitrogens with zero attached hydrogens (tertiary/aromatic N) is 2. The highest BCUT2D eigenvalue weighted by molar-refractivity contribution is 7.15. The monoisotopic (exact) mass is 219 g/mol. The van der Waals surface area contributed by atoms with Gasteiger partial charge in [-0.15, -0.1) is 11.3 Å². The molecule has 0 aliphatic heterocycles. The zero-order chi connectivity index (χ0) is 10.7. The van der Waals surface area contributed by atoms with E-state index in [1.165, 1.54) is 0 Å². The molecule has 0 saturated carbocycles. The van der Waals surface area contributed by atoms with Crippen molar-refractivity contribution in [3.63, 3.8) is 0 Å². The van der Waals surface area contributed by atoms with Crippen LogP contribution in [0.2, 0.25) is 0 Å². The van der Waals surface area contributed by atoms with Crippen LogP contribution in [0.4, 0.5) is 10.9 Å². The molecule has 0 atom stereocenters. The first-order valence-electron chi connectivity index (χ1n) is 4.39. The molecule has 1 N–H and O–H groups in total. The third-order valence-electron chi connectivity index (χ3n) is 1.75. The average molecular weight is 219 g/mol. The van der Waals surface area contributed by atoms with Crippen LogP contribution in [-0.4, -0.2) is 16.3 Å². The molecule has 0 spiro atoms. The van der Waals surface area contributed by atoms with Crippen molar-refractivity contribution in [3.05, 3.63) is 35.0 Å². The van der Waals surface area contributed by atoms with E-state index in [9.17, 15) is 4.79 Å². The molecule has 4 nitrogen and oxygen atoms in total. The fraction of sp³-hybridized carbons (Fsp3) is 0.100. The van der Waals surface area contributed by atoms with E-state index in [0.29, 0.717) is 11.5 Å². The molecule has 0 aliphatic carbocycles. The van der Waals surface area contributed by atoms with Crippen LogP contribution in [0.5, 0.6) is 0 Å². The number of rotatable bonds is 3. The van der Waals surface area contributed by atoms with Crippen LogP contribution in [0, 0.1) is 6.92 Å². The van der Waals surface area contributed by atoms with E-state index < -0.39 is 0 Å². The van der Waals surface area contributed by atoms with Crippen molar-refractivity contribution in [2.75, 3.05) is 5.32 Å². The highest BCUT2D eigenvalue weighted by Crippen LogP contribution is 2.20. The number of pyridine rings is 1. The van der Waals surface area contributed by atoms with Gasteiger partial charge in [-0.05, 0) is 19.1 Å². The lowest BCUT2D eigenvalue weighted by Crippen LogP contribution is -1.95. The van der Waals surface area contributed by atoms with Crippen molar-refractivity contribution in [1.82, 2.24) is 9.97 Å². The Bertz CT molecular complexity index is 481. The van der Waals surface area contributed by atoms with Crippen LogP contribution in [0.15, 0.2) is 24.4 Å². The van der Waals surface area contributed by atoms with Crippen LogP contribution in [0.25, 0.3) is 0 Å². The second-order valence-corrected chi connectivity index (χ2v) is 4.20. The minimum atomic E-state index is 0.410. The number of hydrogen-bond donors (Lipinski definition) is 1. The van der Waals surface area contributed by atoms with Crippen molar-refractivity contribution in [3.8, 4) is 0 Å². The van der Waals surface area contributed by atoms with Gasteiger partial charge in [0.2, 0.25) is 0 Å². The predicted molar refractivity (Wildman–Crippen MR) is 59.8 cm³/mol. The van der Waals surface area contributed by atoms with Crippen molar-refractivity contribution < 1.29 is 4.79 Å². The fourth-order valence-electron chi connectivity index (χ4n) is 1.11. The summed E-state index contributed by atoms with van der Waals surface area (Å²) in [6.45, 7) is 1.98. The molecule has 5 heteroatoms.